The number of halogens is 2. The lowest BCUT2D eigenvalue weighted by Crippen LogP contribution is -2.49. The maximum absolute atomic E-state index is 14.4. The molecule has 1 N–H and O–H groups in total. The van der Waals surface area contributed by atoms with E-state index in [4.69, 9.17) is 4.74 Å². The van der Waals surface area contributed by atoms with Gasteiger partial charge in [-0.05, 0) is 18.6 Å². The monoisotopic (exact) mass is 508 g/mol. The van der Waals surface area contributed by atoms with Crippen LogP contribution in [0.25, 0.3) is 0 Å². The van der Waals surface area contributed by atoms with Gasteiger partial charge in [-0.3, -0.25) is 9.62 Å². The number of aromatic nitrogens is 2. The van der Waals surface area contributed by atoms with E-state index in [2.05, 4.69) is 25.6 Å². The van der Waals surface area contributed by atoms with Crippen molar-refractivity contribution in [2.24, 2.45) is 0 Å². The van der Waals surface area contributed by atoms with Crippen LogP contribution >= 0.6 is 11.5 Å². The van der Waals surface area contributed by atoms with Crippen molar-refractivity contribution in [1.82, 2.24) is 14.3 Å². The van der Waals surface area contributed by atoms with E-state index in [9.17, 15) is 17.2 Å². The first-order valence-electron chi connectivity index (χ1n) is 10.9. The molecule has 0 radical (unpaired) electrons. The van der Waals surface area contributed by atoms with Crippen molar-refractivity contribution in [3.8, 4) is 5.75 Å². The molecule has 182 valence electrons. The SMILES string of the molecule is C=C(/C=C\C=C/C)[C@H]1CC(F)(F)CCN1[C@@H]1CCOc2cc(S(=O)(=O)Nc3ncns3)ccc21. The normalized spacial score (nSPS) is 23.0. The molecule has 4 rings (SSSR count). The Balaban J connectivity index is 1.62. The van der Waals surface area contributed by atoms with Crippen molar-refractivity contribution < 1.29 is 21.9 Å². The molecule has 0 aliphatic carbocycles. The van der Waals surface area contributed by atoms with E-state index < -0.39 is 22.0 Å². The van der Waals surface area contributed by atoms with Crippen LogP contribution in [0.1, 0.15) is 37.8 Å². The molecule has 2 aromatic rings. The molecule has 2 atom stereocenters. The minimum atomic E-state index is -3.88. The number of allylic oxidation sites excluding steroid dienone is 3. The molecule has 1 saturated heterocycles. The molecule has 34 heavy (non-hydrogen) atoms. The Kier molecular flexibility index (Phi) is 7.15. The molecule has 3 heterocycles. The summed E-state index contributed by atoms with van der Waals surface area (Å²) in [7, 11) is -3.88. The second kappa shape index (κ2) is 9.93. The number of rotatable bonds is 7. The Hall–Kier alpha value is -2.63. The molecule has 2 aliphatic heterocycles. The van der Waals surface area contributed by atoms with Gasteiger partial charge in [0.2, 0.25) is 5.13 Å². The van der Waals surface area contributed by atoms with Gasteiger partial charge in [-0.1, -0.05) is 36.9 Å². The van der Waals surface area contributed by atoms with Crippen LogP contribution in [0.4, 0.5) is 13.9 Å². The summed E-state index contributed by atoms with van der Waals surface area (Å²) in [6.07, 6.45) is 8.59. The summed E-state index contributed by atoms with van der Waals surface area (Å²) in [5.41, 5.74) is 1.40. The third-order valence-corrected chi connectivity index (χ3v) is 8.00. The molecule has 7 nitrogen and oxygen atoms in total. The third-order valence-electron chi connectivity index (χ3n) is 5.96. The summed E-state index contributed by atoms with van der Waals surface area (Å²) >= 11 is 0.933. The molecule has 2 aliphatic rings. The highest BCUT2D eigenvalue weighted by Crippen LogP contribution is 2.44. The Morgan fingerprint density at radius 3 is 2.94 bits per heavy atom. The minimum absolute atomic E-state index is 0.0301. The maximum Gasteiger partial charge on any atom is 0.263 e. The zero-order chi connectivity index (χ0) is 24.3. The maximum atomic E-state index is 14.4. The number of nitrogens with one attached hydrogen (secondary N) is 1. The molecular weight excluding hydrogens is 482 g/mol. The van der Waals surface area contributed by atoms with E-state index in [1.165, 1.54) is 18.5 Å². The van der Waals surface area contributed by atoms with Crippen LogP contribution in [-0.4, -0.2) is 47.8 Å². The van der Waals surface area contributed by atoms with Crippen LogP contribution in [-0.2, 0) is 10.0 Å². The number of nitrogens with zero attached hydrogens (tertiary/aromatic N) is 3. The van der Waals surface area contributed by atoms with E-state index in [1.54, 1.807) is 18.2 Å². The highest BCUT2D eigenvalue weighted by molar-refractivity contribution is 7.93. The molecule has 1 aromatic carbocycles. The molecule has 0 spiro atoms. The largest absolute Gasteiger partial charge is 0.493 e. The fraction of sp³-hybridized carbons (Fsp3) is 0.391. The number of fused-ring (bicyclic) bond motifs is 1. The molecule has 0 bridgehead atoms. The third kappa shape index (κ3) is 5.37. The fourth-order valence-electron chi connectivity index (χ4n) is 4.32. The van der Waals surface area contributed by atoms with Gasteiger partial charge in [0.15, 0.2) is 0 Å². The Morgan fingerprint density at radius 2 is 2.21 bits per heavy atom. The topological polar surface area (TPSA) is 84.4 Å². The van der Waals surface area contributed by atoms with Crippen molar-refractivity contribution in [3.05, 3.63) is 66.5 Å². The first-order chi connectivity index (χ1) is 16.2. The number of sulfonamides is 1. The quantitative estimate of drug-likeness (QED) is 0.533. The number of ether oxygens (including phenoxy) is 1. The first kappa shape index (κ1) is 24.5. The summed E-state index contributed by atoms with van der Waals surface area (Å²) in [5, 5.41) is 0.165. The lowest BCUT2D eigenvalue weighted by molar-refractivity contribution is -0.0832. The predicted octanol–water partition coefficient (Wildman–Crippen LogP) is 4.95. The molecular formula is C23H26F2N4O3S2. The number of anilines is 1. The second-order valence-corrected chi connectivity index (χ2v) is 10.7. The van der Waals surface area contributed by atoms with Crippen LogP contribution < -0.4 is 9.46 Å². The Bertz CT molecular complexity index is 1200. The van der Waals surface area contributed by atoms with E-state index in [0.29, 0.717) is 24.4 Å². The van der Waals surface area contributed by atoms with Gasteiger partial charge in [0, 0.05) is 61.1 Å². The first-order valence-corrected chi connectivity index (χ1v) is 13.1. The predicted molar refractivity (Wildman–Crippen MR) is 128 cm³/mol. The summed E-state index contributed by atoms with van der Waals surface area (Å²) < 4.78 is 66.2. The average Bonchev–Trinajstić information content (AvgIpc) is 3.30. The van der Waals surface area contributed by atoms with E-state index >= 15 is 0 Å². The van der Waals surface area contributed by atoms with E-state index in [1.807, 2.05) is 19.1 Å². The van der Waals surface area contributed by atoms with Gasteiger partial charge in [-0.2, -0.15) is 4.37 Å². The number of hydrogen-bond donors (Lipinski definition) is 1. The summed E-state index contributed by atoms with van der Waals surface area (Å²) in [4.78, 5) is 5.93. The second-order valence-electron chi connectivity index (χ2n) is 8.23. The summed E-state index contributed by atoms with van der Waals surface area (Å²) in [5.74, 6) is -2.33. The van der Waals surface area contributed by atoms with Crippen LogP contribution in [0.5, 0.6) is 5.75 Å². The molecule has 11 heteroatoms. The highest BCUT2D eigenvalue weighted by atomic mass is 32.2. The number of alkyl halides is 2. The number of benzene rings is 1. The fourth-order valence-corrected chi connectivity index (χ4v) is 6.00. The van der Waals surface area contributed by atoms with Crippen LogP contribution in [0.2, 0.25) is 0 Å². The average molecular weight is 509 g/mol. The number of piperidine rings is 1. The van der Waals surface area contributed by atoms with Crippen LogP contribution in [0.3, 0.4) is 0 Å². The molecule has 1 aromatic heterocycles. The summed E-state index contributed by atoms with van der Waals surface area (Å²) in [6, 6.07) is 3.95. The molecule has 0 unspecified atom stereocenters. The minimum Gasteiger partial charge on any atom is -0.493 e. The number of hydrogen-bond acceptors (Lipinski definition) is 7. The molecule has 1 fully saturated rings. The Labute approximate surface area is 202 Å². The van der Waals surface area contributed by atoms with Crippen molar-refractivity contribution in [2.75, 3.05) is 17.9 Å². The van der Waals surface area contributed by atoms with Gasteiger partial charge in [0.05, 0.1) is 11.5 Å². The van der Waals surface area contributed by atoms with Crippen molar-refractivity contribution in [2.45, 2.75) is 49.1 Å². The standard InChI is InChI=1S/C23H26F2N4O3S2/c1-3-4-5-6-16(2)20-14-23(24,25)10-11-29(20)19-9-12-32-21-13-17(7-8-18(19)21)34(30,31)28-22-26-15-27-33-22/h3-8,13,15,19-20H,2,9-12,14H2,1H3,(H,26,27,28)/b4-3-,6-5-/t19-,20-/m1/s1. The zero-order valence-electron chi connectivity index (χ0n) is 18.7. The molecule has 0 saturated carbocycles. The highest BCUT2D eigenvalue weighted by Gasteiger charge is 2.44. The Morgan fingerprint density at radius 1 is 1.38 bits per heavy atom. The lowest BCUT2D eigenvalue weighted by atomic mass is 9.88. The number of likely N-dealkylation sites (tertiary alicyclic amines) is 1. The lowest BCUT2D eigenvalue weighted by Gasteiger charge is -2.45. The zero-order valence-corrected chi connectivity index (χ0v) is 20.3. The van der Waals surface area contributed by atoms with Gasteiger partial charge in [-0.15, -0.1) is 0 Å². The van der Waals surface area contributed by atoms with Gasteiger partial charge >= 0.3 is 0 Å². The van der Waals surface area contributed by atoms with Gasteiger partial charge < -0.3 is 4.74 Å². The van der Waals surface area contributed by atoms with E-state index in [0.717, 1.165) is 17.1 Å². The van der Waals surface area contributed by atoms with Gasteiger partial charge in [0.25, 0.3) is 15.9 Å². The van der Waals surface area contributed by atoms with Crippen molar-refractivity contribution in [3.63, 3.8) is 0 Å². The van der Waals surface area contributed by atoms with Crippen LogP contribution in [0.15, 0.2) is 65.9 Å². The summed E-state index contributed by atoms with van der Waals surface area (Å²) in [6.45, 7) is 6.51. The smallest absolute Gasteiger partial charge is 0.263 e. The van der Waals surface area contributed by atoms with E-state index in [-0.39, 0.29) is 35.5 Å². The van der Waals surface area contributed by atoms with Crippen molar-refractivity contribution >= 4 is 26.7 Å². The van der Waals surface area contributed by atoms with Crippen molar-refractivity contribution in [1.29, 1.82) is 0 Å². The molecule has 0 amide bonds. The van der Waals surface area contributed by atoms with Gasteiger partial charge in [-0.25, -0.2) is 22.2 Å². The van der Waals surface area contributed by atoms with Crippen LogP contribution in [0, 0.1) is 0 Å². The van der Waals surface area contributed by atoms with Gasteiger partial charge in [0.1, 0.15) is 12.1 Å².